The second-order valence-corrected chi connectivity index (χ2v) is 6.28. The molecule has 100 valence electrons. The molecule has 0 aromatic heterocycles. The largest absolute Gasteiger partial charge is 0.399 e. The summed E-state index contributed by atoms with van der Waals surface area (Å²) >= 11 is 0. The minimum atomic E-state index is -3.55. The van der Waals surface area contributed by atoms with E-state index in [1.807, 2.05) is 0 Å². The zero-order valence-corrected chi connectivity index (χ0v) is 10.9. The molecule has 0 spiro atoms. The number of aliphatic hydroxyl groups is 1. The van der Waals surface area contributed by atoms with Crippen molar-refractivity contribution in [3.63, 3.8) is 0 Å². The maximum Gasteiger partial charge on any atom is 0.242 e. The first-order valence-corrected chi connectivity index (χ1v) is 7.18. The van der Waals surface area contributed by atoms with Crippen molar-refractivity contribution >= 4 is 21.4 Å². The molecule has 2 rings (SSSR count). The van der Waals surface area contributed by atoms with Crippen LogP contribution in [0.25, 0.3) is 0 Å². The van der Waals surface area contributed by atoms with Gasteiger partial charge < -0.3 is 16.2 Å². The van der Waals surface area contributed by atoms with Crippen molar-refractivity contribution in [3.05, 3.63) is 18.2 Å². The van der Waals surface area contributed by atoms with E-state index in [-0.39, 0.29) is 17.0 Å². The molecule has 0 radical (unpaired) electrons. The quantitative estimate of drug-likeness (QED) is 0.582. The summed E-state index contributed by atoms with van der Waals surface area (Å²) < 4.78 is 26.0. The number of sulfonamides is 1. The van der Waals surface area contributed by atoms with Crippen LogP contribution in [0.1, 0.15) is 12.8 Å². The van der Waals surface area contributed by atoms with Crippen LogP contribution in [0.3, 0.4) is 0 Å². The molecular weight excluding hydrogens is 254 g/mol. The number of aliphatic hydroxyl groups excluding tert-OH is 1. The van der Waals surface area contributed by atoms with Gasteiger partial charge in [-0.25, -0.2) is 13.1 Å². The first kappa shape index (κ1) is 13.1. The Bertz CT molecular complexity index is 538. The molecule has 0 heterocycles. The third kappa shape index (κ3) is 2.58. The topological polar surface area (TPSA) is 104 Å². The molecule has 1 saturated carbocycles. The SMILES string of the molecule is CNS(=O)(=O)c1cc(N)ccc1NC1CC(O)C1. The second-order valence-electron chi connectivity index (χ2n) is 4.43. The van der Waals surface area contributed by atoms with Crippen molar-refractivity contribution in [2.24, 2.45) is 0 Å². The van der Waals surface area contributed by atoms with E-state index >= 15 is 0 Å². The lowest BCUT2D eigenvalue weighted by Gasteiger charge is -2.33. The highest BCUT2D eigenvalue weighted by atomic mass is 32.2. The summed E-state index contributed by atoms with van der Waals surface area (Å²) in [5.41, 5.74) is 6.52. The van der Waals surface area contributed by atoms with Crippen LogP contribution in [0.2, 0.25) is 0 Å². The summed E-state index contributed by atoms with van der Waals surface area (Å²) in [4.78, 5) is 0.131. The Balaban J connectivity index is 2.29. The maximum atomic E-state index is 11.9. The van der Waals surface area contributed by atoms with Crippen LogP contribution in [0, 0.1) is 0 Å². The number of hydrogen-bond donors (Lipinski definition) is 4. The van der Waals surface area contributed by atoms with Crippen LogP contribution in [-0.4, -0.2) is 32.7 Å². The Morgan fingerprint density at radius 3 is 2.61 bits per heavy atom. The van der Waals surface area contributed by atoms with E-state index < -0.39 is 10.0 Å². The van der Waals surface area contributed by atoms with Crippen LogP contribution < -0.4 is 15.8 Å². The van der Waals surface area contributed by atoms with E-state index in [4.69, 9.17) is 5.73 Å². The van der Waals surface area contributed by atoms with E-state index in [0.29, 0.717) is 24.2 Å². The van der Waals surface area contributed by atoms with Crippen LogP contribution >= 0.6 is 0 Å². The number of nitrogen functional groups attached to an aromatic ring is 1. The van der Waals surface area contributed by atoms with E-state index in [9.17, 15) is 13.5 Å². The second kappa shape index (κ2) is 4.75. The molecule has 1 aromatic rings. The number of nitrogens with two attached hydrogens (primary N) is 1. The molecule has 0 amide bonds. The predicted molar refractivity (Wildman–Crippen MR) is 69.8 cm³/mol. The molecule has 0 bridgehead atoms. The molecule has 1 fully saturated rings. The minimum absolute atomic E-state index is 0.106. The third-order valence-corrected chi connectivity index (χ3v) is 4.49. The minimum Gasteiger partial charge on any atom is -0.399 e. The van der Waals surface area contributed by atoms with Crippen molar-refractivity contribution < 1.29 is 13.5 Å². The Morgan fingerprint density at radius 1 is 1.39 bits per heavy atom. The summed E-state index contributed by atoms with van der Waals surface area (Å²) in [5.74, 6) is 0. The van der Waals surface area contributed by atoms with Gasteiger partial charge in [-0.1, -0.05) is 0 Å². The average molecular weight is 271 g/mol. The first-order chi connectivity index (χ1) is 8.42. The summed E-state index contributed by atoms with van der Waals surface area (Å²) in [5, 5.41) is 12.3. The number of hydrogen-bond acceptors (Lipinski definition) is 5. The maximum absolute atomic E-state index is 11.9. The molecule has 18 heavy (non-hydrogen) atoms. The van der Waals surface area contributed by atoms with Gasteiger partial charge >= 0.3 is 0 Å². The zero-order valence-electron chi connectivity index (χ0n) is 10.1. The molecule has 1 aromatic carbocycles. The Morgan fingerprint density at radius 2 is 2.06 bits per heavy atom. The molecular formula is C11H17N3O3S. The van der Waals surface area contributed by atoms with Gasteiger partial charge in [0, 0.05) is 11.7 Å². The Kier molecular flexibility index (Phi) is 3.47. The first-order valence-electron chi connectivity index (χ1n) is 5.70. The Hall–Kier alpha value is -1.31. The smallest absolute Gasteiger partial charge is 0.242 e. The fraction of sp³-hybridized carbons (Fsp3) is 0.455. The van der Waals surface area contributed by atoms with Crippen molar-refractivity contribution in [1.82, 2.24) is 4.72 Å². The predicted octanol–water partition coefficient (Wildman–Crippen LogP) is 0.112. The van der Waals surface area contributed by atoms with Crippen molar-refractivity contribution in [3.8, 4) is 0 Å². The van der Waals surface area contributed by atoms with Crippen molar-refractivity contribution in [1.29, 1.82) is 0 Å². The van der Waals surface area contributed by atoms with Gasteiger partial charge in [-0.15, -0.1) is 0 Å². The van der Waals surface area contributed by atoms with Gasteiger partial charge in [-0.05, 0) is 38.1 Å². The monoisotopic (exact) mass is 271 g/mol. The third-order valence-electron chi connectivity index (χ3n) is 3.04. The molecule has 7 heteroatoms. The summed E-state index contributed by atoms with van der Waals surface area (Å²) in [6, 6.07) is 4.81. The highest BCUT2D eigenvalue weighted by Gasteiger charge is 2.28. The normalized spacial score (nSPS) is 23.4. The van der Waals surface area contributed by atoms with Crippen LogP contribution in [0.5, 0.6) is 0 Å². The van der Waals surface area contributed by atoms with Gasteiger partial charge in [-0.2, -0.15) is 0 Å². The fourth-order valence-corrected chi connectivity index (χ4v) is 2.84. The van der Waals surface area contributed by atoms with E-state index in [1.165, 1.54) is 13.1 Å². The number of nitrogens with one attached hydrogen (secondary N) is 2. The van der Waals surface area contributed by atoms with Gasteiger partial charge in [0.15, 0.2) is 0 Å². The van der Waals surface area contributed by atoms with E-state index in [2.05, 4.69) is 10.0 Å². The number of rotatable bonds is 4. The van der Waals surface area contributed by atoms with Gasteiger partial charge in [0.25, 0.3) is 0 Å². The standard InChI is InChI=1S/C11H17N3O3S/c1-13-18(16,17)11-4-7(12)2-3-10(11)14-8-5-9(15)6-8/h2-4,8-9,13-15H,5-6,12H2,1H3. The zero-order chi connectivity index (χ0) is 13.3. The summed E-state index contributed by atoms with van der Waals surface area (Å²) in [6.07, 6.45) is 0.966. The lowest BCUT2D eigenvalue weighted by Crippen LogP contribution is -2.39. The summed E-state index contributed by atoms with van der Waals surface area (Å²) in [7, 11) is -2.19. The molecule has 1 aliphatic carbocycles. The van der Waals surface area contributed by atoms with Crippen molar-refractivity contribution in [2.45, 2.75) is 29.9 Å². The average Bonchev–Trinajstić information content (AvgIpc) is 2.29. The van der Waals surface area contributed by atoms with E-state index in [0.717, 1.165) is 0 Å². The van der Waals surface area contributed by atoms with Gasteiger partial charge in [-0.3, -0.25) is 0 Å². The summed E-state index contributed by atoms with van der Waals surface area (Å²) in [6.45, 7) is 0. The lowest BCUT2D eigenvalue weighted by atomic mass is 9.89. The molecule has 0 atom stereocenters. The van der Waals surface area contributed by atoms with Gasteiger partial charge in [0.05, 0.1) is 11.8 Å². The Labute approximate surface area is 106 Å². The highest BCUT2D eigenvalue weighted by Crippen LogP contribution is 2.29. The number of anilines is 2. The van der Waals surface area contributed by atoms with Gasteiger partial charge in [0.2, 0.25) is 10.0 Å². The van der Waals surface area contributed by atoms with Crippen LogP contribution in [0.15, 0.2) is 23.1 Å². The van der Waals surface area contributed by atoms with Crippen LogP contribution in [0.4, 0.5) is 11.4 Å². The molecule has 5 N–H and O–H groups in total. The van der Waals surface area contributed by atoms with Crippen molar-refractivity contribution in [2.75, 3.05) is 18.1 Å². The molecule has 0 unspecified atom stereocenters. The highest BCUT2D eigenvalue weighted by molar-refractivity contribution is 7.89. The van der Waals surface area contributed by atoms with Gasteiger partial charge in [0.1, 0.15) is 4.90 Å². The number of benzene rings is 1. The van der Waals surface area contributed by atoms with E-state index in [1.54, 1.807) is 12.1 Å². The van der Waals surface area contributed by atoms with Crippen LogP contribution in [-0.2, 0) is 10.0 Å². The molecule has 6 nitrogen and oxygen atoms in total. The molecule has 0 aliphatic heterocycles. The fourth-order valence-electron chi connectivity index (χ4n) is 1.92. The molecule has 0 saturated heterocycles. The lowest BCUT2D eigenvalue weighted by molar-refractivity contribution is 0.0836. The molecule has 1 aliphatic rings.